The van der Waals surface area contributed by atoms with Crippen LogP contribution in [0, 0.1) is 0 Å². The molecule has 0 aliphatic heterocycles. The van der Waals surface area contributed by atoms with E-state index in [0.29, 0.717) is 0 Å². The number of amides is 1. The van der Waals surface area contributed by atoms with Crippen molar-refractivity contribution in [3.8, 4) is 5.75 Å². The minimum Gasteiger partial charge on any atom is -0.508 e. The minimum atomic E-state index is -0.751. The summed E-state index contributed by atoms with van der Waals surface area (Å²) in [6.45, 7) is 5.55. The van der Waals surface area contributed by atoms with Gasteiger partial charge in [0.1, 0.15) is 5.75 Å². The summed E-state index contributed by atoms with van der Waals surface area (Å²) in [5.41, 5.74) is 5.61. The minimum absolute atomic E-state index is 0.0399. The molecule has 1 aromatic carbocycles. The Kier molecular flexibility index (Phi) is 4.12. The second-order valence-corrected chi connectivity index (χ2v) is 4.69. The summed E-state index contributed by atoms with van der Waals surface area (Å²) in [7, 11) is 0. The molecule has 4 N–H and O–H groups in total. The van der Waals surface area contributed by atoms with Gasteiger partial charge in [0, 0.05) is 6.04 Å². The van der Waals surface area contributed by atoms with Crippen LogP contribution in [0.3, 0.4) is 0 Å². The van der Waals surface area contributed by atoms with Crippen molar-refractivity contribution in [2.24, 2.45) is 5.73 Å². The molecule has 0 fully saturated rings. The number of phenols is 1. The Morgan fingerprint density at radius 2 is 1.94 bits per heavy atom. The van der Waals surface area contributed by atoms with Gasteiger partial charge in [-0.3, -0.25) is 10.1 Å². The van der Waals surface area contributed by atoms with Crippen molar-refractivity contribution in [3.05, 3.63) is 29.8 Å². The van der Waals surface area contributed by atoms with E-state index in [1.807, 2.05) is 19.1 Å². The highest BCUT2D eigenvalue weighted by atomic mass is 16.3. The van der Waals surface area contributed by atoms with Gasteiger partial charge in [-0.1, -0.05) is 19.1 Å². The largest absolute Gasteiger partial charge is 0.508 e. The van der Waals surface area contributed by atoms with Crippen LogP contribution in [0.25, 0.3) is 0 Å². The average Bonchev–Trinajstić information content (AvgIpc) is 2.27. The lowest BCUT2D eigenvalue weighted by Crippen LogP contribution is -2.51. The predicted octanol–water partition coefficient (Wildman–Crippen LogP) is 1.70. The van der Waals surface area contributed by atoms with Gasteiger partial charge in [0.2, 0.25) is 5.91 Å². The quantitative estimate of drug-likeness (QED) is 0.728. The highest BCUT2D eigenvalue weighted by molar-refractivity contribution is 5.83. The summed E-state index contributed by atoms with van der Waals surface area (Å²) >= 11 is 0. The molecule has 1 aromatic rings. The fourth-order valence-electron chi connectivity index (χ4n) is 1.63. The molecule has 4 heteroatoms. The van der Waals surface area contributed by atoms with Gasteiger partial charge >= 0.3 is 0 Å². The monoisotopic (exact) mass is 236 g/mol. The molecule has 0 heterocycles. The second-order valence-electron chi connectivity index (χ2n) is 4.69. The number of benzene rings is 1. The van der Waals surface area contributed by atoms with Gasteiger partial charge < -0.3 is 10.8 Å². The van der Waals surface area contributed by atoms with E-state index in [1.54, 1.807) is 26.0 Å². The van der Waals surface area contributed by atoms with Gasteiger partial charge in [0.25, 0.3) is 0 Å². The van der Waals surface area contributed by atoms with E-state index in [0.717, 1.165) is 12.0 Å². The maximum Gasteiger partial charge on any atom is 0.237 e. The molecule has 4 nitrogen and oxygen atoms in total. The number of nitrogens with one attached hydrogen (secondary N) is 1. The van der Waals surface area contributed by atoms with E-state index in [9.17, 15) is 9.90 Å². The molecule has 0 radical (unpaired) electrons. The van der Waals surface area contributed by atoms with E-state index >= 15 is 0 Å². The van der Waals surface area contributed by atoms with Gasteiger partial charge in [0.05, 0.1) is 5.54 Å². The molecule has 0 aromatic heterocycles. The molecule has 0 aliphatic carbocycles. The third kappa shape index (κ3) is 3.46. The van der Waals surface area contributed by atoms with Crippen LogP contribution in [-0.4, -0.2) is 16.6 Å². The lowest BCUT2D eigenvalue weighted by atomic mass is 9.98. The van der Waals surface area contributed by atoms with Crippen molar-refractivity contribution < 1.29 is 9.90 Å². The summed E-state index contributed by atoms with van der Waals surface area (Å²) in [5, 5.41) is 12.5. The summed E-state index contributed by atoms with van der Waals surface area (Å²) in [6, 6.07) is 6.99. The molecule has 94 valence electrons. The molecular weight excluding hydrogens is 216 g/mol. The van der Waals surface area contributed by atoms with E-state index in [1.165, 1.54) is 0 Å². The number of nitrogens with two attached hydrogens (primary N) is 1. The number of rotatable bonds is 5. The number of carbonyl (C=O) groups excluding carboxylic acids is 1. The molecule has 1 rings (SSSR count). The molecule has 0 spiro atoms. The van der Waals surface area contributed by atoms with Crippen LogP contribution >= 0.6 is 0 Å². The standard InChI is InChI=1S/C13H20N2O2/c1-4-11(15-13(2,3)12(14)17)9-5-7-10(16)8-6-9/h5-8,11,15-16H,4H2,1-3H3,(H2,14,17). The van der Waals surface area contributed by atoms with E-state index in [2.05, 4.69) is 5.32 Å². The second kappa shape index (κ2) is 5.19. The van der Waals surface area contributed by atoms with Crippen molar-refractivity contribution in [2.45, 2.75) is 38.8 Å². The van der Waals surface area contributed by atoms with Crippen molar-refractivity contribution >= 4 is 5.91 Å². The highest BCUT2D eigenvalue weighted by Gasteiger charge is 2.27. The zero-order chi connectivity index (χ0) is 13.1. The molecule has 1 amide bonds. The normalized spacial score (nSPS) is 13.4. The Morgan fingerprint density at radius 1 is 1.41 bits per heavy atom. The van der Waals surface area contributed by atoms with Crippen molar-refractivity contribution in [1.82, 2.24) is 5.32 Å². The Labute approximate surface area is 102 Å². The summed E-state index contributed by atoms with van der Waals surface area (Å²) in [6.07, 6.45) is 0.835. The zero-order valence-electron chi connectivity index (χ0n) is 10.5. The Hall–Kier alpha value is -1.55. The van der Waals surface area contributed by atoms with Gasteiger partial charge in [0.15, 0.2) is 0 Å². The van der Waals surface area contributed by atoms with Gasteiger partial charge in [-0.05, 0) is 38.0 Å². The van der Waals surface area contributed by atoms with Gasteiger partial charge in [-0.2, -0.15) is 0 Å². The third-order valence-corrected chi connectivity index (χ3v) is 2.85. The van der Waals surface area contributed by atoms with Gasteiger partial charge in [-0.25, -0.2) is 0 Å². The first kappa shape index (κ1) is 13.5. The number of carbonyl (C=O) groups is 1. The Bertz CT molecular complexity index is 385. The van der Waals surface area contributed by atoms with E-state index < -0.39 is 5.54 Å². The van der Waals surface area contributed by atoms with Crippen LogP contribution in [0.2, 0.25) is 0 Å². The molecular formula is C13H20N2O2. The number of hydrogen-bond acceptors (Lipinski definition) is 3. The highest BCUT2D eigenvalue weighted by Crippen LogP contribution is 2.22. The van der Waals surface area contributed by atoms with Crippen molar-refractivity contribution in [3.63, 3.8) is 0 Å². The number of aromatic hydroxyl groups is 1. The summed E-state index contributed by atoms with van der Waals surface area (Å²) in [5.74, 6) is -0.146. The smallest absolute Gasteiger partial charge is 0.237 e. The molecule has 0 saturated carbocycles. The summed E-state index contributed by atoms with van der Waals surface area (Å²) in [4.78, 5) is 11.3. The molecule has 1 unspecified atom stereocenters. The first-order valence-corrected chi connectivity index (χ1v) is 5.73. The molecule has 0 aliphatic rings. The predicted molar refractivity (Wildman–Crippen MR) is 67.5 cm³/mol. The maximum absolute atomic E-state index is 11.3. The van der Waals surface area contributed by atoms with Gasteiger partial charge in [-0.15, -0.1) is 0 Å². The average molecular weight is 236 g/mol. The van der Waals surface area contributed by atoms with Crippen LogP contribution < -0.4 is 11.1 Å². The van der Waals surface area contributed by atoms with Crippen LogP contribution in [0.4, 0.5) is 0 Å². The lowest BCUT2D eigenvalue weighted by molar-refractivity contribution is -0.123. The molecule has 17 heavy (non-hydrogen) atoms. The first-order chi connectivity index (χ1) is 7.86. The lowest BCUT2D eigenvalue weighted by Gasteiger charge is -2.29. The Balaban J connectivity index is 2.86. The molecule has 1 atom stereocenters. The molecule has 0 saturated heterocycles. The third-order valence-electron chi connectivity index (χ3n) is 2.85. The van der Waals surface area contributed by atoms with Crippen LogP contribution in [0.5, 0.6) is 5.75 Å². The number of phenolic OH excluding ortho intramolecular Hbond substituents is 1. The van der Waals surface area contributed by atoms with E-state index in [4.69, 9.17) is 5.73 Å². The SMILES string of the molecule is CCC(NC(C)(C)C(N)=O)c1ccc(O)cc1. The topological polar surface area (TPSA) is 75.3 Å². The first-order valence-electron chi connectivity index (χ1n) is 5.73. The van der Waals surface area contributed by atoms with Crippen LogP contribution in [0.15, 0.2) is 24.3 Å². The summed E-state index contributed by atoms with van der Waals surface area (Å²) < 4.78 is 0. The zero-order valence-corrected chi connectivity index (χ0v) is 10.5. The maximum atomic E-state index is 11.3. The van der Waals surface area contributed by atoms with Crippen LogP contribution in [-0.2, 0) is 4.79 Å². The number of primary amides is 1. The number of hydrogen-bond donors (Lipinski definition) is 3. The van der Waals surface area contributed by atoms with Crippen molar-refractivity contribution in [2.75, 3.05) is 0 Å². The van der Waals surface area contributed by atoms with E-state index in [-0.39, 0.29) is 17.7 Å². The van der Waals surface area contributed by atoms with Crippen molar-refractivity contribution in [1.29, 1.82) is 0 Å². The van der Waals surface area contributed by atoms with Crippen LogP contribution in [0.1, 0.15) is 38.8 Å². The fraction of sp³-hybridized carbons (Fsp3) is 0.462. The molecule has 0 bridgehead atoms. The fourth-order valence-corrected chi connectivity index (χ4v) is 1.63. The Morgan fingerprint density at radius 3 is 2.35 bits per heavy atom.